The Balaban J connectivity index is 2.33. The standard InChI is InChI=1S/C10H11NO2S/c1-6-3-4-9(14-6)10-11-5-8(13-10)7(2)12/h3-5,7,12H,1-2H3. The maximum absolute atomic E-state index is 9.26. The molecule has 74 valence electrons. The fourth-order valence-electron chi connectivity index (χ4n) is 1.14. The minimum Gasteiger partial charge on any atom is -0.438 e. The molecule has 1 unspecified atom stereocenters. The molecule has 0 amide bonds. The summed E-state index contributed by atoms with van der Waals surface area (Å²) in [5.41, 5.74) is 0. The molecule has 0 radical (unpaired) electrons. The molecule has 2 aromatic heterocycles. The highest BCUT2D eigenvalue weighted by Gasteiger charge is 2.11. The zero-order valence-corrected chi connectivity index (χ0v) is 8.84. The van der Waals surface area contributed by atoms with Gasteiger partial charge in [-0.2, -0.15) is 0 Å². The number of nitrogens with zero attached hydrogens (tertiary/aromatic N) is 1. The van der Waals surface area contributed by atoms with E-state index < -0.39 is 6.10 Å². The molecule has 2 rings (SSSR count). The van der Waals surface area contributed by atoms with Crippen LogP contribution < -0.4 is 0 Å². The molecule has 2 aromatic rings. The van der Waals surface area contributed by atoms with Crippen LogP contribution in [0.25, 0.3) is 10.8 Å². The van der Waals surface area contributed by atoms with Gasteiger partial charge in [0.05, 0.1) is 11.1 Å². The van der Waals surface area contributed by atoms with Crippen molar-refractivity contribution >= 4 is 11.3 Å². The molecule has 14 heavy (non-hydrogen) atoms. The van der Waals surface area contributed by atoms with Crippen LogP contribution in [0.1, 0.15) is 23.7 Å². The van der Waals surface area contributed by atoms with Crippen LogP contribution in [-0.4, -0.2) is 10.1 Å². The minimum absolute atomic E-state index is 0.506. The number of aliphatic hydroxyl groups excluding tert-OH is 1. The summed E-state index contributed by atoms with van der Waals surface area (Å²) >= 11 is 1.63. The van der Waals surface area contributed by atoms with E-state index in [2.05, 4.69) is 4.98 Å². The summed E-state index contributed by atoms with van der Waals surface area (Å²) in [6.45, 7) is 3.69. The predicted octanol–water partition coefficient (Wildman–Crippen LogP) is 2.76. The van der Waals surface area contributed by atoms with Gasteiger partial charge in [0.1, 0.15) is 6.10 Å². The molecular weight excluding hydrogens is 198 g/mol. The highest BCUT2D eigenvalue weighted by molar-refractivity contribution is 7.15. The van der Waals surface area contributed by atoms with Crippen molar-refractivity contribution in [2.45, 2.75) is 20.0 Å². The molecule has 0 bridgehead atoms. The first-order chi connectivity index (χ1) is 6.66. The Morgan fingerprint density at radius 1 is 1.50 bits per heavy atom. The van der Waals surface area contributed by atoms with Crippen molar-refractivity contribution in [3.05, 3.63) is 29.0 Å². The van der Waals surface area contributed by atoms with E-state index in [0.717, 1.165) is 4.88 Å². The quantitative estimate of drug-likeness (QED) is 0.827. The van der Waals surface area contributed by atoms with Crippen molar-refractivity contribution in [1.82, 2.24) is 4.98 Å². The summed E-state index contributed by atoms with van der Waals surface area (Å²) in [6.07, 6.45) is 0.965. The fourth-order valence-corrected chi connectivity index (χ4v) is 1.94. The molecule has 1 atom stereocenters. The first kappa shape index (κ1) is 9.43. The fraction of sp³-hybridized carbons (Fsp3) is 0.300. The van der Waals surface area contributed by atoms with E-state index in [1.807, 2.05) is 19.1 Å². The maximum atomic E-state index is 9.26. The summed E-state index contributed by atoms with van der Waals surface area (Å²) in [5.74, 6) is 1.09. The van der Waals surface area contributed by atoms with Crippen LogP contribution in [0.15, 0.2) is 22.7 Å². The molecule has 0 aliphatic rings. The number of hydrogen-bond acceptors (Lipinski definition) is 4. The monoisotopic (exact) mass is 209 g/mol. The van der Waals surface area contributed by atoms with Gasteiger partial charge in [0.15, 0.2) is 5.76 Å². The van der Waals surface area contributed by atoms with E-state index in [1.54, 1.807) is 24.5 Å². The predicted molar refractivity (Wildman–Crippen MR) is 55.2 cm³/mol. The van der Waals surface area contributed by atoms with E-state index in [0.29, 0.717) is 11.7 Å². The summed E-state index contributed by atoms with van der Waals surface area (Å²) in [6, 6.07) is 3.99. The van der Waals surface area contributed by atoms with Gasteiger partial charge in [-0.05, 0) is 26.0 Å². The molecular formula is C10H11NO2S. The number of aromatic nitrogens is 1. The van der Waals surface area contributed by atoms with E-state index in [1.165, 1.54) is 4.88 Å². The largest absolute Gasteiger partial charge is 0.438 e. The minimum atomic E-state index is -0.600. The van der Waals surface area contributed by atoms with Crippen LogP contribution in [0.3, 0.4) is 0 Å². The van der Waals surface area contributed by atoms with Gasteiger partial charge in [-0.1, -0.05) is 0 Å². The van der Waals surface area contributed by atoms with Crippen molar-refractivity contribution < 1.29 is 9.52 Å². The van der Waals surface area contributed by atoms with Crippen LogP contribution >= 0.6 is 11.3 Å². The number of hydrogen-bond donors (Lipinski definition) is 1. The topological polar surface area (TPSA) is 46.3 Å². The van der Waals surface area contributed by atoms with Crippen molar-refractivity contribution in [2.24, 2.45) is 0 Å². The Labute approximate surface area is 86.0 Å². The van der Waals surface area contributed by atoms with E-state index >= 15 is 0 Å². The number of aliphatic hydroxyl groups is 1. The number of aryl methyl sites for hydroxylation is 1. The average Bonchev–Trinajstić information content (AvgIpc) is 2.70. The molecule has 0 aliphatic heterocycles. The first-order valence-corrected chi connectivity index (χ1v) is 5.19. The van der Waals surface area contributed by atoms with Crippen LogP contribution in [0, 0.1) is 6.92 Å². The Kier molecular flexibility index (Phi) is 2.39. The Morgan fingerprint density at radius 3 is 2.79 bits per heavy atom. The van der Waals surface area contributed by atoms with Crippen molar-refractivity contribution in [3.63, 3.8) is 0 Å². The number of rotatable bonds is 2. The molecule has 0 aromatic carbocycles. The Bertz CT molecular complexity index is 431. The smallest absolute Gasteiger partial charge is 0.236 e. The Morgan fingerprint density at radius 2 is 2.29 bits per heavy atom. The van der Waals surface area contributed by atoms with Crippen molar-refractivity contribution in [3.8, 4) is 10.8 Å². The van der Waals surface area contributed by atoms with Gasteiger partial charge in [-0.25, -0.2) is 4.98 Å². The van der Waals surface area contributed by atoms with Gasteiger partial charge in [0, 0.05) is 4.88 Å². The van der Waals surface area contributed by atoms with Crippen LogP contribution in [0.2, 0.25) is 0 Å². The SMILES string of the molecule is Cc1ccc(-c2ncc(C(C)O)o2)s1. The van der Waals surface area contributed by atoms with Gasteiger partial charge in [-0.15, -0.1) is 11.3 Å². The van der Waals surface area contributed by atoms with Crippen LogP contribution in [0.5, 0.6) is 0 Å². The normalized spacial score (nSPS) is 13.1. The van der Waals surface area contributed by atoms with E-state index in [4.69, 9.17) is 4.42 Å². The number of oxazole rings is 1. The van der Waals surface area contributed by atoms with Gasteiger partial charge in [0.2, 0.25) is 5.89 Å². The summed E-state index contributed by atoms with van der Waals surface area (Å²) in [7, 11) is 0. The van der Waals surface area contributed by atoms with E-state index in [-0.39, 0.29) is 0 Å². The summed E-state index contributed by atoms with van der Waals surface area (Å²) in [4.78, 5) is 6.32. The lowest BCUT2D eigenvalue weighted by Gasteiger charge is -1.95. The van der Waals surface area contributed by atoms with Crippen molar-refractivity contribution in [1.29, 1.82) is 0 Å². The van der Waals surface area contributed by atoms with Gasteiger partial charge < -0.3 is 9.52 Å². The van der Waals surface area contributed by atoms with E-state index in [9.17, 15) is 5.11 Å². The third-order valence-corrected chi connectivity index (χ3v) is 2.88. The van der Waals surface area contributed by atoms with Gasteiger partial charge >= 0.3 is 0 Å². The zero-order chi connectivity index (χ0) is 10.1. The lowest BCUT2D eigenvalue weighted by molar-refractivity contribution is 0.170. The molecule has 0 fully saturated rings. The highest BCUT2D eigenvalue weighted by atomic mass is 32.1. The molecule has 0 spiro atoms. The second kappa shape index (κ2) is 3.55. The second-order valence-corrected chi connectivity index (χ2v) is 4.44. The van der Waals surface area contributed by atoms with Gasteiger partial charge in [0.25, 0.3) is 0 Å². The average molecular weight is 209 g/mol. The summed E-state index contributed by atoms with van der Waals surface area (Å²) in [5, 5.41) is 9.26. The van der Waals surface area contributed by atoms with Gasteiger partial charge in [-0.3, -0.25) is 0 Å². The second-order valence-electron chi connectivity index (χ2n) is 3.15. The lowest BCUT2D eigenvalue weighted by atomic mass is 10.3. The van der Waals surface area contributed by atoms with Crippen molar-refractivity contribution in [2.75, 3.05) is 0 Å². The number of thiophene rings is 1. The molecule has 1 N–H and O–H groups in total. The molecule has 2 heterocycles. The first-order valence-electron chi connectivity index (χ1n) is 4.37. The molecule has 0 saturated heterocycles. The molecule has 3 nitrogen and oxygen atoms in total. The third-order valence-electron chi connectivity index (χ3n) is 1.89. The molecule has 0 aliphatic carbocycles. The molecule has 0 saturated carbocycles. The maximum Gasteiger partial charge on any atom is 0.236 e. The third kappa shape index (κ3) is 1.71. The lowest BCUT2D eigenvalue weighted by Crippen LogP contribution is -1.85. The highest BCUT2D eigenvalue weighted by Crippen LogP contribution is 2.28. The van der Waals surface area contributed by atoms with Crippen LogP contribution in [-0.2, 0) is 0 Å². The molecule has 4 heteroatoms. The zero-order valence-electron chi connectivity index (χ0n) is 8.02. The summed E-state index contributed by atoms with van der Waals surface area (Å²) < 4.78 is 5.39. The Hall–Kier alpha value is -1.13. The van der Waals surface area contributed by atoms with Crippen LogP contribution in [0.4, 0.5) is 0 Å².